The van der Waals surface area contributed by atoms with Crippen LogP contribution in [-0.2, 0) is 6.54 Å². The molecule has 1 heterocycles. The smallest absolute Gasteiger partial charge is 0.0705 e. The molecule has 1 aliphatic carbocycles. The average molecular weight is 282 g/mol. The van der Waals surface area contributed by atoms with Gasteiger partial charge in [0.2, 0.25) is 0 Å². The third-order valence-electron chi connectivity index (χ3n) is 4.88. The summed E-state index contributed by atoms with van der Waals surface area (Å²) in [6.07, 6.45) is 7.06. The Balaban J connectivity index is 1.63. The molecule has 0 radical (unpaired) electrons. The molecule has 0 bridgehead atoms. The largest absolute Gasteiger partial charge is 0.310 e. The lowest BCUT2D eigenvalue weighted by Crippen LogP contribution is -2.34. The summed E-state index contributed by atoms with van der Waals surface area (Å²) in [4.78, 5) is 4.57. The van der Waals surface area contributed by atoms with Crippen LogP contribution in [0.4, 0.5) is 0 Å². The number of hydrogen-bond donors (Lipinski definition) is 1. The van der Waals surface area contributed by atoms with Crippen molar-refractivity contribution in [3.05, 3.63) is 41.6 Å². The van der Waals surface area contributed by atoms with Crippen LogP contribution in [0.1, 0.15) is 50.3 Å². The lowest BCUT2D eigenvalue weighted by Gasteiger charge is -2.28. The van der Waals surface area contributed by atoms with E-state index in [1.807, 2.05) is 6.92 Å². The molecule has 2 nitrogen and oxygen atoms in total. The predicted molar refractivity (Wildman–Crippen MR) is 89.4 cm³/mol. The third kappa shape index (κ3) is 3.62. The van der Waals surface area contributed by atoms with E-state index in [1.165, 1.54) is 43.1 Å². The number of nitrogens with one attached hydrogen (secondary N) is 1. The number of fused-ring (bicyclic) bond motifs is 1. The predicted octanol–water partition coefficient (Wildman–Crippen LogP) is 4.60. The van der Waals surface area contributed by atoms with Crippen LogP contribution in [0, 0.1) is 12.8 Å². The number of pyridine rings is 1. The summed E-state index contributed by atoms with van der Waals surface area (Å²) in [5, 5.41) is 4.97. The first-order chi connectivity index (χ1) is 10.2. The normalized spacial score (nSPS) is 18.0. The molecule has 1 N–H and O–H groups in total. The minimum absolute atomic E-state index is 0.622. The first kappa shape index (κ1) is 14.5. The van der Waals surface area contributed by atoms with E-state index in [1.54, 1.807) is 0 Å². The van der Waals surface area contributed by atoms with E-state index in [9.17, 15) is 0 Å². The van der Waals surface area contributed by atoms with Crippen LogP contribution in [0.3, 0.4) is 0 Å². The van der Waals surface area contributed by atoms with Crippen molar-refractivity contribution in [2.75, 3.05) is 0 Å². The molecule has 1 fully saturated rings. The summed E-state index contributed by atoms with van der Waals surface area (Å²) in [6, 6.07) is 11.5. The van der Waals surface area contributed by atoms with Gasteiger partial charge in [0, 0.05) is 23.7 Å². The number of rotatable bonds is 4. The summed E-state index contributed by atoms with van der Waals surface area (Å²) in [5.74, 6) is 0.864. The minimum atomic E-state index is 0.622. The van der Waals surface area contributed by atoms with Crippen LogP contribution in [0.15, 0.2) is 30.3 Å². The van der Waals surface area contributed by atoms with Crippen molar-refractivity contribution < 1.29 is 0 Å². The minimum Gasteiger partial charge on any atom is -0.310 e. The number of hydrogen-bond acceptors (Lipinski definition) is 2. The van der Waals surface area contributed by atoms with Gasteiger partial charge >= 0.3 is 0 Å². The monoisotopic (exact) mass is 282 g/mol. The van der Waals surface area contributed by atoms with Gasteiger partial charge in [-0.15, -0.1) is 0 Å². The molecule has 1 unspecified atom stereocenters. The van der Waals surface area contributed by atoms with Crippen molar-refractivity contribution in [3.8, 4) is 0 Å². The van der Waals surface area contributed by atoms with Gasteiger partial charge in [-0.25, -0.2) is 0 Å². The molecule has 1 aromatic heterocycles. The number of aromatic nitrogens is 1. The Hall–Kier alpha value is -1.41. The Kier molecular flexibility index (Phi) is 4.54. The van der Waals surface area contributed by atoms with Crippen molar-refractivity contribution in [3.63, 3.8) is 0 Å². The zero-order chi connectivity index (χ0) is 14.7. The lowest BCUT2D eigenvalue weighted by atomic mass is 9.84. The number of aryl methyl sites for hydroxylation is 1. The summed E-state index contributed by atoms with van der Waals surface area (Å²) in [7, 11) is 0. The Labute approximate surface area is 128 Å². The fourth-order valence-corrected chi connectivity index (χ4v) is 3.47. The van der Waals surface area contributed by atoms with Crippen LogP contribution in [0.25, 0.3) is 10.9 Å². The standard InChI is InChI=1S/C19H26N2/c1-14-8-10-18-12-16(9-11-19(18)21-14)13-20-15(2)17-6-4-3-5-7-17/h8-12,15,17,20H,3-7,13H2,1-2H3. The average Bonchev–Trinajstić information content (AvgIpc) is 2.53. The fourth-order valence-electron chi connectivity index (χ4n) is 3.47. The van der Waals surface area contributed by atoms with E-state index < -0.39 is 0 Å². The van der Waals surface area contributed by atoms with E-state index in [4.69, 9.17) is 0 Å². The maximum Gasteiger partial charge on any atom is 0.0705 e. The summed E-state index contributed by atoms with van der Waals surface area (Å²) in [5.41, 5.74) is 3.54. The molecule has 3 rings (SSSR count). The first-order valence-corrected chi connectivity index (χ1v) is 8.32. The molecule has 21 heavy (non-hydrogen) atoms. The number of nitrogens with zero attached hydrogens (tertiary/aromatic N) is 1. The molecule has 0 amide bonds. The van der Waals surface area contributed by atoms with Gasteiger partial charge < -0.3 is 5.32 Å². The molecule has 0 spiro atoms. The van der Waals surface area contributed by atoms with Crippen LogP contribution in [0.5, 0.6) is 0 Å². The van der Waals surface area contributed by atoms with Crippen LogP contribution >= 0.6 is 0 Å². The van der Waals surface area contributed by atoms with Crippen molar-refractivity contribution in [2.45, 2.75) is 58.5 Å². The second kappa shape index (κ2) is 6.57. The van der Waals surface area contributed by atoms with Crippen molar-refractivity contribution in [2.24, 2.45) is 5.92 Å². The molecule has 1 aliphatic rings. The van der Waals surface area contributed by atoms with E-state index in [0.29, 0.717) is 6.04 Å². The molecule has 0 aliphatic heterocycles. The van der Waals surface area contributed by atoms with Crippen molar-refractivity contribution in [1.29, 1.82) is 0 Å². The van der Waals surface area contributed by atoms with Gasteiger partial charge in [0.15, 0.2) is 0 Å². The quantitative estimate of drug-likeness (QED) is 0.886. The Morgan fingerprint density at radius 1 is 1.14 bits per heavy atom. The molecule has 2 heteroatoms. The lowest BCUT2D eigenvalue weighted by molar-refractivity contribution is 0.280. The molecule has 1 saturated carbocycles. The third-order valence-corrected chi connectivity index (χ3v) is 4.88. The summed E-state index contributed by atoms with van der Waals surface area (Å²) < 4.78 is 0. The van der Waals surface area contributed by atoms with Gasteiger partial charge in [0.05, 0.1) is 5.52 Å². The van der Waals surface area contributed by atoms with Crippen LogP contribution in [0.2, 0.25) is 0 Å². The Bertz CT molecular complexity index is 600. The van der Waals surface area contributed by atoms with E-state index in [2.05, 4.69) is 47.6 Å². The van der Waals surface area contributed by atoms with E-state index in [0.717, 1.165) is 23.7 Å². The van der Waals surface area contributed by atoms with Gasteiger partial charge in [-0.05, 0) is 56.4 Å². The van der Waals surface area contributed by atoms with E-state index in [-0.39, 0.29) is 0 Å². The van der Waals surface area contributed by atoms with E-state index >= 15 is 0 Å². The van der Waals surface area contributed by atoms with Crippen LogP contribution < -0.4 is 5.32 Å². The molecule has 2 aromatic rings. The van der Waals surface area contributed by atoms with Crippen molar-refractivity contribution in [1.82, 2.24) is 10.3 Å². The maximum atomic E-state index is 4.57. The van der Waals surface area contributed by atoms with Gasteiger partial charge in [0.25, 0.3) is 0 Å². The maximum absolute atomic E-state index is 4.57. The Morgan fingerprint density at radius 3 is 2.76 bits per heavy atom. The van der Waals surface area contributed by atoms with Gasteiger partial charge in [0.1, 0.15) is 0 Å². The van der Waals surface area contributed by atoms with Gasteiger partial charge in [-0.3, -0.25) is 4.98 Å². The molecule has 1 aromatic carbocycles. The highest BCUT2D eigenvalue weighted by Gasteiger charge is 2.19. The molecular weight excluding hydrogens is 256 g/mol. The second-order valence-corrected chi connectivity index (χ2v) is 6.55. The highest BCUT2D eigenvalue weighted by molar-refractivity contribution is 5.79. The zero-order valence-corrected chi connectivity index (χ0v) is 13.2. The molecule has 0 saturated heterocycles. The first-order valence-electron chi connectivity index (χ1n) is 8.32. The van der Waals surface area contributed by atoms with Gasteiger partial charge in [-0.1, -0.05) is 31.4 Å². The fraction of sp³-hybridized carbons (Fsp3) is 0.526. The highest BCUT2D eigenvalue weighted by Crippen LogP contribution is 2.26. The van der Waals surface area contributed by atoms with Crippen molar-refractivity contribution >= 4 is 10.9 Å². The highest BCUT2D eigenvalue weighted by atomic mass is 14.9. The molecule has 112 valence electrons. The van der Waals surface area contributed by atoms with Crippen LogP contribution in [-0.4, -0.2) is 11.0 Å². The Morgan fingerprint density at radius 2 is 1.95 bits per heavy atom. The SMILES string of the molecule is Cc1ccc2cc(CNC(C)C3CCCCC3)ccc2n1. The topological polar surface area (TPSA) is 24.9 Å². The molecule has 1 atom stereocenters. The second-order valence-electron chi connectivity index (χ2n) is 6.55. The molecular formula is C19H26N2. The number of benzene rings is 1. The summed E-state index contributed by atoms with van der Waals surface area (Å²) in [6.45, 7) is 5.35. The zero-order valence-electron chi connectivity index (χ0n) is 13.2. The summed E-state index contributed by atoms with van der Waals surface area (Å²) >= 11 is 0. The van der Waals surface area contributed by atoms with Gasteiger partial charge in [-0.2, -0.15) is 0 Å².